The lowest BCUT2D eigenvalue weighted by Crippen LogP contribution is -2.55. The number of piperazine rings is 1. The van der Waals surface area contributed by atoms with Crippen LogP contribution < -0.4 is 0 Å². The van der Waals surface area contributed by atoms with E-state index in [1.807, 2.05) is 30.3 Å². The number of carbonyl (C=O) groups is 1. The number of hydrogen-bond donors (Lipinski definition) is 1. The predicted molar refractivity (Wildman–Crippen MR) is 124 cm³/mol. The Morgan fingerprint density at radius 1 is 0.839 bits per heavy atom. The molecule has 4 nitrogen and oxygen atoms in total. The van der Waals surface area contributed by atoms with Gasteiger partial charge in [-0.15, -0.1) is 0 Å². The Kier molecular flexibility index (Phi) is 7.00. The minimum absolute atomic E-state index is 0.150. The van der Waals surface area contributed by atoms with Crippen LogP contribution in [0.2, 0.25) is 0 Å². The van der Waals surface area contributed by atoms with Crippen molar-refractivity contribution in [3.8, 4) is 5.75 Å². The lowest BCUT2D eigenvalue weighted by Gasteiger charge is -2.42. The molecule has 1 heterocycles. The van der Waals surface area contributed by atoms with Crippen molar-refractivity contribution < 1.29 is 9.90 Å². The average molecular weight is 415 g/mol. The largest absolute Gasteiger partial charge is 0.508 e. The fourth-order valence-corrected chi connectivity index (χ4v) is 4.40. The molecular weight excluding hydrogens is 384 g/mol. The van der Waals surface area contributed by atoms with E-state index >= 15 is 0 Å². The normalized spacial score (nSPS) is 16.9. The molecule has 4 rings (SSSR count). The highest BCUT2D eigenvalue weighted by Crippen LogP contribution is 2.21. The summed E-state index contributed by atoms with van der Waals surface area (Å²) in [5, 5.41) is 10.0. The second kappa shape index (κ2) is 10.3. The van der Waals surface area contributed by atoms with Crippen LogP contribution in [0.15, 0.2) is 84.9 Å². The van der Waals surface area contributed by atoms with Crippen molar-refractivity contribution in [1.29, 1.82) is 0 Å². The van der Waals surface area contributed by atoms with Crippen molar-refractivity contribution in [2.75, 3.05) is 19.6 Å². The van der Waals surface area contributed by atoms with Crippen molar-refractivity contribution >= 4 is 5.91 Å². The van der Waals surface area contributed by atoms with Crippen molar-refractivity contribution in [3.63, 3.8) is 0 Å². The molecule has 1 fully saturated rings. The van der Waals surface area contributed by atoms with E-state index in [-0.39, 0.29) is 17.7 Å². The third-order valence-electron chi connectivity index (χ3n) is 6.05. The highest BCUT2D eigenvalue weighted by Gasteiger charge is 2.30. The van der Waals surface area contributed by atoms with Gasteiger partial charge in [0, 0.05) is 38.6 Å². The van der Waals surface area contributed by atoms with Crippen LogP contribution >= 0.6 is 0 Å². The molecule has 0 aromatic heterocycles. The molecule has 0 saturated carbocycles. The Morgan fingerprint density at radius 2 is 1.48 bits per heavy atom. The summed E-state index contributed by atoms with van der Waals surface area (Å²) in [7, 11) is 0. The summed E-state index contributed by atoms with van der Waals surface area (Å²) >= 11 is 0. The van der Waals surface area contributed by atoms with Crippen LogP contribution in [0.3, 0.4) is 0 Å². The van der Waals surface area contributed by atoms with Crippen molar-refractivity contribution in [2.24, 2.45) is 0 Å². The van der Waals surface area contributed by atoms with E-state index in [9.17, 15) is 9.90 Å². The number of amides is 1. The third-order valence-corrected chi connectivity index (χ3v) is 6.05. The summed E-state index contributed by atoms with van der Waals surface area (Å²) in [5.41, 5.74) is 3.39. The van der Waals surface area contributed by atoms with Gasteiger partial charge in [-0.05, 0) is 35.6 Å². The first-order valence-electron chi connectivity index (χ1n) is 11.1. The summed E-state index contributed by atoms with van der Waals surface area (Å²) in [6.07, 6.45) is 1.84. The molecule has 0 aliphatic carbocycles. The number of aryl methyl sites for hydroxylation is 1. The molecule has 1 aliphatic heterocycles. The number of rotatable bonds is 7. The summed E-state index contributed by atoms with van der Waals surface area (Å²) in [5.74, 6) is 0.437. The number of para-hydroxylation sites is 1. The maximum atomic E-state index is 13.2. The molecular formula is C27H30N2O2. The van der Waals surface area contributed by atoms with Gasteiger partial charge in [0.2, 0.25) is 5.91 Å². The second-order valence-corrected chi connectivity index (χ2v) is 8.28. The second-order valence-electron chi connectivity index (χ2n) is 8.28. The number of hydrogen-bond acceptors (Lipinski definition) is 3. The first-order valence-corrected chi connectivity index (χ1v) is 11.1. The molecule has 1 amide bonds. The SMILES string of the molecule is O=C(CCc1ccccc1O)N1CCN(Cc2ccccc2)C[C@H]1Cc1ccccc1. The standard InChI is InChI=1S/C27H30N2O2/c30-26-14-8-7-13-24(26)15-16-27(31)29-18-17-28(20-23-11-5-2-6-12-23)21-25(29)19-22-9-3-1-4-10-22/h1-14,25,30H,15-21H2/t25-/m1/s1. The van der Waals surface area contributed by atoms with Gasteiger partial charge >= 0.3 is 0 Å². The average Bonchev–Trinajstić information content (AvgIpc) is 2.80. The summed E-state index contributed by atoms with van der Waals surface area (Å²) in [6.45, 7) is 3.39. The van der Waals surface area contributed by atoms with Crippen LogP contribution in [-0.2, 0) is 24.2 Å². The predicted octanol–water partition coefficient (Wildman–Crippen LogP) is 4.28. The molecule has 0 radical (unpaired) electrons. The molecule has 0 bridgehead atoms. The van der Waals surface area contributed by atoms with Crippen LogP contribution in [0.5, 0.6) is 5.75 Å². The van der Waals surface area contributed by atoms with E-state index in [2.05, 4.69) is 58.3 Å². The molecule has 4 heteroatoms. The highest BCUT2D eigenvalue weighted by atomic mass is 16.3. The number of phenolic OH excluding ortho intramolecular Hbond substituents is 1. The van der Waals surface area contributed by atoms with E-state index < -0.39 is 0 Å². The first-order chi connectivity index (χ1) is 15.2. The quantitative estimate of drug-likeness (QED) is 0.628. The first kappa shape index (κ1) is 21.1. The smallest absolute Gasteiger partial charge is 0.223 e. The Balaban J connectivity index is 1.44. The molecule has 3 aromatic carbocycles. The van der Waals surface area contributed by atoms with Crippen LogP contribution in [0.25, 0.3) is 0 Å². The number of phenols is 1. The van der Waals surface area contributed by atoms with E-state index in [4.69, 9.17) is 0 Å². The lowest BCUT2D eigenvalue weighted by atomic mass is 10.00. The highest BCUT2D eigenvalue weighted by molar-refractivity contribution is 5.77. The summed E-state index contributed by atoms with van der Waals surface area (Å²) in [4.78, 5) is 17.7. The molecule has 160 valence electrons. The molecule has 31 heavy (non-hydrogen) atoms. The molecule has 1 atom stereocenters. The third kappa shape index (κ3) is 5.74. The Bertz CT molecular complexity index is 975. The number of benzene rings is 3. The molecule has 1 N–H and O–H groups in total. The minimum Gasteiger partial charge on any atom is -0.508 e. The topological polar surface area (TPSA) is 43.8 Å². The van der Waals surface area contributed by atoms with Crippen LogP contribution in [0.1, 0.15) is 23.1 Å². The number of nitrogens with zero attached hydrogens (tertiary/aromatic N) is 2. The zero-order valence-corrected chi connectivity index (χ0v) is 17.9. The minimum atomic E-state index is 0.150. The molecule has 1 aliphatic rings. The van der Waals surface area contributed by atoms with Gasteiger partial charge in [-0.2, -0.15) is 0 Å². The van der Waals surface area contributed by atoms with E-state index in [1.54, 1.807) is 6.07 Å². The van der Waals surface area contributed by atoms with E-state index in [0.29, 0.717) is 12.8 Å². The maximum absolute atomic E-state index is 13.2. The lowest BCUT2D eigenvalue weighted by molar-refractivity contribution is -0.136. The van der Waals surface area contributed by atoms with Gasteiger partial charge in [-0.3, -0.25) is 9.69 Å². The Labute approximate surface area is 184 Å². The number of aromatic hydroxyl groups is 1. The molecule has 0 spiro atoms. The Morgan fingerprint density at radius 3 is 2.19 bits per heavy atom. The fourth-order valence-electron chi connectivity index (χ4n) is 4.40. The molecule has 1 saturated heterocycles. The number of carbonyl (C=O) groups excluding carboxylic acids is 1. The van der Waals surface area contributed by atoms with Crippen LogP contribution in [0, 0.1) is 0 Å². The van der Waals surface area contributed by atoms with Crippen molar-refractivity contribution in [3.05, 3.63) is 102 Å². The molecule has 0 unspecified atom stereocenters. The van der Waals surface area contributed by atoms with Gasteiger partial charge in [0.1, 0.15) is 5.75 Å². The van der Waals surface area contributed by atoms with Gasteiger partial charge in [0.15, 0.2) is 0 Å². The van der Waals surface area contributed by atoms with Gasteiger partial charge in [-0.1, -0.05) is 78.9 Å². The maximum Gasteiger partial charge on any atom is 0.223 e. The van der Waals surface area contributed by atoms with E-state index in [1.165, 1.54) is 11.1 Å². The van der Waals surface area contributed by atoms with E-state index in [0.717, 1.165) is 38.2 Å². The monoisotopic (exact) mass is 414 g/mol. The molecule has 3 aromatic rings. The fraction of sp³-hybridized carbons (Fsp3) is 0.296. The van der Waals surface area contributed by atoms with Gasteiger partial charge in [0.25, 0.3) is 0 Å². The van der Waals surface area contributed by atoms with Gasteiger partial charge < -0.3 is 10.0 Å². The van der Waals surface area contributed by atoms with Crippen molar-refractivity contribution in [1.82, 2.24) is 9.80 Å². The van der Waals surface area contributed by atoms with Gasteiger partial charge in [0.05, 0.1) is 0 Å². The summed E-state index contributed by atoms with van der Waals surface area (Å²) in [6, 6.07) is 28.4. The Hall–Kier alpha value is -3.11. The zero-order valence-electron chi connectivity index (χ0n) is 17.9. The summed E-state index contributed by atoms with van der Waals surface area (Å²) < 4.78 is 0. The van der Waals surface area contributed by atoms with Crippen LogP contribution in [0.4, 0.5) is 0 Å². The zero-order chi connectivity index (χ0) is 21.5. The van der Waals surface area contributed by atoms with Crippen molar-refractivity contribution in [2.45, 2.75) is 31.8 Å². The van der Waals surface area contributed by atoms with Gasteiger partial charge in [-0.25, -0.2) is 0 Å². The van der Waals surface area contributed by atoms with Crippen LogP contribution in [-0.4, -0.2) is 46.5 Å².